The van der Waals surface area contributed by atoms with Crippen molar-refractivity contribution in [3.8, 4) is 11.3 Å². The van der Waals surface area contributed by atoms with Crippen LogP contribution >= 0.6 is 0 Å². The molecule has 1 atom stereocenters. The second kappa shape index (κ2) is 10.8. The van der Waals surface area contributed by atoms with Gasteiger partial charge in [0.05, 0.1) is 17.5 Å². The minimum atomic E-state index is -3.69. The summed E-state index contributed by atoms with van der Waals surface area (Å²) in [6.45, 7) is 0.767. The van der Waals surface area contributed by atoms with E-state index in [1.807, 2.05) is 6.07 Å². The third-order valence-corrected chi connectivity index (χ3v) is 9.05. The number of fused-ring (bicyclic) bond motifs is 2. The quantitative estimate of drug-likeness (QED) is 0.284. The fourth-order valence-corrected chi connectivity index (χ4v) is 6.11. The van der Waals surface area contributed by atoms with Crippen molar-refractivity contribution in [2.24, 2.45) is 0 Å². The molecule has 222 valence electrons. The Hall–Kier alpha value is -4.71. The van der Waals surface area contributed by atoms with Gasteiger partial charge < -0.3 is 19.1 Å². The van der Waals surface area contributed by atoms with Crippen LogP contribution in [0.4, 0.5) is 10.1 Å². The maximum Gasteiger partial charge on any atom is 0.309 e. The van der Waals surface area contributed by atoms with Crippen molar-refractivity contribution in [3.63, 3.8) is 0 Å². The van der Waals surface area contributed by atoms with Gasteiger partial charge in [-0.05, 0) is 60.9 Å². The Balaban J connectivity index is 1.46. The fraction of sp³-hybridized carbons (Fsp3) is 0.258. The second-order valence-corrected chi connectivity index (χ2v) is 12.6. The molecule has 2 amide bonds. The number of nitrogens with zero attached hydrogens (tertiary/aromatic N) is 3. The van der Waals surface area contributed by atoms with Crippen LogP contribution in [0.1, 0.15) is 45.4 Å². The van der Waals surface area contributed by atoms with Gasteiger partial charge in [-0.1, -0.05) is 12.1 Å². The molecule has 1 saturated heterocycles. The Morgan fingerprint density at radius 2 is 1.81 bits per heavy atom. The largest absolute Gasteiger partial charge is 0.455 e. The predicted octanol–water partition coefficient (Wildman–Crippen LogP) is 5.16. The average Bonchev–Trinajstić information content (AvgIpc) is 3.61. The smallest absolute Gasteiger partial charge is 0.309 e. The number of para-hydroxylation sites is 2. The summed E-state index contributed by atoms with van der Waals surface area (Å²) in [5.41, 5.74) is 3.15. The van der Waals surface area contributed by atoms with Gasteiger partial charge in [-0.2, -0.15) is 0 Å². The highest BCUT2D eigenvalue weighted by atomic mass is 32.2. The molecule has 6 rings (SSSR count). The van der Waals surface area contributed by atoms with Crippen molar-refractivity contribution >= 4 is 49.6 Å². The summed E-state index contributed by atoms with van der Waals surface area (Å²) in [5.74, 6) is -1.25. The highest BCUT2D eigenvalue weighted by molar-refractivity contribution is 7.92. The molecule has 1 fully saturated rings. The van der Waals surface area contributed by atoms with Gasteiger partial charge in [-0.3, -0.25) is 13.9 Å². The molecule has 3 aromatic carbocycles. The summed E-state index contributed by atoms with van der Waals surface area (Å²) in [5, 5.41) is 3.12. The number of amides is 2. The van der Waals surface area contributed by atoms with Gasteiger partial charge in [0.2, 0.25) is 10.0 Å². The number of carbonyl (C=O) groups is 2. The summed E-state index contributed by atoms with van der Waals surface area (Å²) < 4.78 is 52.2. The van der Waals surface area contributed by atoms with Crippen LogP contribution in [0.2, 0.25) is 0 Å². The normalized spacial score (nSPS) is 15.6. The molecule has 1 N–H and O–H groups in total. The van der Waals surface area contributed by atoms with Crippen LogP contribution in [0.25, 0.3) is 33.4 Å². The number of hydrogen-bond donors (Lipinski definition) is 1. The van der Waals surface area contributed by atoms with Gasteiger partial charge >= 0.3 is 5.91 Å². The van der Waals surface area contributed by atoms with Crippen LogP contribution in [0.3, 0.4) is 0 Å². The van der Waals surface area contributed by atoms with Crippen molar-refractivity contribution in [1.29, 1.82) is 0 Å². The Morgan fingerprint density at radius 3 is 2.51 bits per heavy atom. The number of halogens is 1. The van der Waals surface area contributed by atoms with E-state index in [1.165, 1.54) is 42.7 Å². The molecule has 2 aromatic heterocycles. The van der Waals surface area contributed by atoms with Crippen LogP contribution in [0, 0.1) is 5.82 Å². The number of rotatable bonds is 6. The number of benzene rings is 3. The van der Waals surface area contributed by atoms with Crippen molar-refractivity contribution < 1.29 is 31.2 Å². The third kappa shape index (κ3) is 5.22. The van der Waals surface area contributed by atoms with E-state index >= 15 is 0 Å². The molecule has 0 aliphatic carbocycles. The first-order valence-electron chi connectivity index (χ1n) is 13.7. The van der Waals surface area contributed by atoms with Gasteiger partial charge in [0.25, 0.3) is 11.8 Å². The SMILES string of the molecule is CNC(=O)c1c(-c2ccc(F)cc2)oc2cc(N(C)S(C)(=O)=O)c([C@H]3CCCN(C(=O)c4nc5ccccc5o4)C3)cc12. The Kier molecular flexibility index (Phi) is 7.17. The zero-order chi connectivity index (χ0) is 30.5. The van der Waals surface area contributed by atoms with E-state index in [9.17, 15) is 22.4 Å². The number of hydrogen-bond acceptors (Lipinski definition) is 7. The minimum absolute atomic E-state index is 0.00791. The number of furan rings is 1. The minimum Gasteiger partial charge on any atom is -0.455 e. The van der Waals surface area contributed by atoms with E-state index in [4.69, 9.17) is 8.83 Å². The first kappa shape index (κ1) is 28.4. The standard InChI is InChI=1S/C31H29FN4O6S/c1-33-29(37)27-22-15-21(19-7-6-14-36(17-19)31(38)30-34-23-8-4-5-9-25(23)42-30)24(35(2)43(3,39)40)16-26(22)41-28(27)18-10-12-20(32)13-11-18/h4-5,8-13,15-16,19H,6-7,14,17H2,1-3H3,(H,33,37)/t19-/m0/s1. The Morgan fingerprint density at radius 1 is 1.07 bits per heavy atom. The molecule has 43 heavy (non-hydrogen) atoms. The van der Waals surface area contributed by atoms with Gasteiger partial charge in [0, 0.05) is 50.1 Å². The highest BCUT2D eigenvalue weighted by Crippen LogP contribution is 2.42. The number of sulfonamides is 1. The number of anilines is 1. The van der Waals surface area contributed by atoms with Crippen molar-refractivity contribution in [2.45, 2.75) is 18.8 Å². The zero-order valence-corrected chi connectivity index (χ0v) is 24.6. The molecule has 1 aliphatic rings. The molecule has 0 saturated carbocycles. The van der Waals surface area contributed by atoms with Crippen LogP contribution in [0.5, 0.6) is 0 Å². The van der Waals surface area contributed by atoms with E-state index in [-0.39, 0.29) is 35.6 Å². The van der Waals surface area contributed by atoms with E-state index in [0.717, 1.165) is 6.26 Å². The van der Waals surface area contributed by atoms with Crippen LogP contribution in [-0.2, 0) is 10.0 Å². The number of aromatic nitrogens is 1. The fourth-order valence-electron chi connectivity index (χ4n) is 5.60. The summed E-state index contributed by atoms with van der Waals surface area (Å²) in [6, 6.07) is 16.1. The maximum atomic E-state index is 13.7. The van der Waals surface area contributed by atoms with Crippen molar-refractivity contribution in [2.75, 3.05) is 37.7 Å². The first-order chi connectivity index (χ1) is 20.5. The van der Waals surface area contributed by atoms with Crippen molar-refractivity contribution in [1.82, 2.24) is 15.2 Å². The third-order valence-electron chi connectivity index (χ3n) is 7.86. The maximum absolute atomic E-state index is 13.7. The van der Waals surface area contributed by atoms with Crippen LogP contribution in [0.15, 0.2) is 69.5 Å². The first-order valence-corrected chi connectivity index (χ1v) is 15.6. The summed E-state index contributed by atoms with van der Waals surface area (Å²) >= 11 is 0. The molecule has 3 heterocycles. The van der Waals surface area contributed by atoms with Gasteiger partial charge in [0.15, 0.2) is 5.58 Å². The second-order valence-electron chi connectivity index (χ2n) is 10.6. The molecular formula is C31H29FN4O6S. The lowest BCUT2D eigenvalue weighted by atomic mass is 9.88. The van der Waals surface area contributed by atoms with Crippen LogP contribution in [-0.4, -0.2) is 63.6 Å². The van der Waals surface area contributed by atoms with Gasteiger partial charge in [-0.15, -0.1) is 0 Å². The molecular weight excluding hydrogens is 575 g/mol. The summed E-state index contributed by atoms with van der Waals surface area (Å²) in [6.07, 6.45) is 2.43. The zero-order valence-electron chi connectivity index (χ0n) is 23.8. The van der Waals surface area contributed by atoms with Crippen LogP contribution < -0.4 is 9.62 Å². The molecule has 12 heteroatoms. The molecule has 10 nitrogen and oxygen atoms in total. The average molecular weight is 605 g/mol. The lowest BCUT2D eigenvalue weighted by Crippen LogP contribution is -2.39. The number of nitrogens with one attached hydrogen (secondary N) is 1. The predicted molar refractivity (Wildman–Crippen MR) is 160 cm³/mol. The van der Waals surface area contributed by atoms with E-state index in [2.05, 4.69) is 10.3 Å². The lowest BCUT2D eigenvalue weighted by molar-refractivity contribution is 0.0669. The molecule has 0 unspecified atom stereocenters. The summed E-state index contributed by atoms with van der Waals surface area (Å²) in [7, 11) is -0.738. The molecule has 0 bridgehead atoms. The van der Waals surface area contributed by atoms with Gasteiger partial charge in [0.1, 0.15) is 22.7 Å². The summed E-state index contributed by atoms with van der Waals surface area (Å²) in [4.78, 5) is 32.7. The Labute approximate surface area is 247 Å². The van der Waals surface area contributed by atoms with E-state index < -0.39 is 21.7 Å². The lowest BCUT2D eigenvalue weighted by Gasteiger charge is -2.34. The van der Waals surface area contributed by atoms with E-state index in [1.54, 1.807) is 35.2 Å². The van der Waals surface area contributed by atoms with Gasteiger partial charge in [-0.25, -0.2) is 17.8 Å². The molecule has 5 aromatic rings. The molecule has 1 aliphatic heterocycles. The number of piperidine rings is 1. The number of carbonyl (C=O) groups excluding carboxylic acids is 2. The molecule has 0 radical (unpaired) electrons. The highest BCUT2D eigenvalue weighted by Gasteiger charge is 2.33. The monoisotopic (exact) mass is 604 g/mol. The molecule has 0 spiro atoms. The van der Waals surface area contributed by atoms with Crippen molar-refractivity contribution in [3.05, 3.63) is 83.5 Å². The topological polar surface area (TPSA) is 126 Å². The Bertz CT molecular complexity index is 1950. The number of likely N-dealkylation sites (tertiary alicyclic amines) is 1. The number of oxazole rings is 1. The van der Waals surface area contributed by atoms with E-state index in [0.29, 0.717) is 58.3 Å².